The van der Waals surface area contributed by atoms with Crippen molar-refractivity contribution in [1.29, 1.82) is 0 Å². The molecule has 0 aromatic heterocycles. The van der Waals surface area contributed by atoms with Gasteiger partial charge < -0.3 is 25.0 Å². The first kappa shape index (κ1) is 32.1. The summed E-state index contributed by atoms with van der Waals surface area (Å²) in [4.78, 5) is 69.5. The highest BCUT2D eigenvalue weighted by Crippen LogP contribution is 2.47. The van der Waals surface area contributed by atoms with Crippen LogP contribution in [0, 0.1) is 11.7 Å². The van der Waals surface area contributed by atoms with Crippen molar-refractivity contribution < 1.29 is 37.8 Å². The molecule has 2 aromatic carbocycles. The van der Waals surface area contributed by atoms with Gasteiger partial charge in [-0.15, -0.1) is 0 Å². The van der Waals surface area contributed by atoms with E-state index in [1.807, 2.05) is 0 Å². The van der Waals surface area contributed by atoms with E-state index in [9.17, 15) is 28.4 Å². The molecule has 2 saturated carbocycles. The summed E-state index contributed by atoms with van der Waals surface area (Å²) >= 11 is 0. The van der Waals surface area contributed by atoms with Gasteiger partial charge in [-0.2, -0.15) is 0 Å². The van der Waals surface area contributed by atoms with Gasteiger partial charge in [0.2, 0.25) is 17.4 Å². The number of benzene rings is 2. The molecular formula is C36H41FN4O7. The number of halogens is 1. The van der Waals surface area contributed by atoms with E-state index in [0.717, 1.165) is 40.9 Å². The molecule has 0 radical (unpaired) electrons. The number of hydrogen-bond acceptors (Lipinski definition) is 7. The molecule has 2 atom stereocenters. The van der Waals surface area contributed by atoms with Gasteiger partial charge in [0.1, 0.15) is 23.5 Å². The summed E-state index contributed by atoms with van der Waals surface area (Å²) in [7, 11) is 0. The van der Waals surface area contributed by atoms with Crippen LogP contribution in [0.2, 0.25) is 0 Å². The summed E-state index contributed by atoms with van der Waals surface area (Å²) < 4.78 is 25.1. The van der Waals surface area contributed by atoms with Crippen molar-refractivity contribution >= 4 is 35.6 Å². The second kappa shape index (κ2) is 11.6. The van der Waals surface area contributed by atoms with E-state index in [1.54, 1.807) is 49.9 Å². The van der Waals surface area contributed by atoms with Crippen LogP contribution in [-0.2, 0) is 48.8 Å². The Labute approximate surface area is 278 Å². The van der Waals surface area contributed by atoms with Gasteiger partial charge in [0.05, 0.1) is 0 Å². The lowest BCUT2D eigenvalue weighted by molar-refractivity contribution is -0.143. The molecule has 48 heavy (non-hydrogen) atoms. The minimum atomic E-state index is -1.54. The molecule has 0 bridgehead atoms. The Bertz CT molecular complexity index is 1710. The van der Waals surface area contributed by atoms with Crippen molar-refractivity contribution in [2.24, 2.45) is 5.92 Å². The number of hydrogen-bond donors (Lipinski definition) is 2. The van der Waals surface area contributed by atoms with E-state index in [2.05, 4.69) is 10.6 Å². The van der Waals surface area contributed by atoms with Gasteiger partial charge in [0, 0.05) is 30.3 Å². The maximum Gasteiger partial charge on any atom is 0.418 e. The van der Waals surface area contributed by atoms with Crippen LogP contribution in [0.15, 0.2) is 36.4 Å². The zero-order valence-electron chi connectivity index (χ0n) is 27.5. The van der Waals surface area contributed by atoms with Crippen molar-refractivity contribution in [3.8, 4) is 0 Å². The first-order valence-corrected chi connectivity index (χ1v) is 16.8. The number of anilines is 1. The predicted molar refractivity (Wildman–Crippen MR) is 171 cm³/mol. The topological polar surface area (TPSA) is 134 Å². The molecule has 3 fully saturated rings. The Morgan fingerprint density at radius 3 is 2.44 bits per heavy atom. The molecule has 11 nitrogen and oxygen atoms in total. The summed E-state index contributed by atoms with van der Waals surface area (Å²) in [6.07, 6.45) is 4.23. The first-order valence-electron chi connectivity index (χ1n) is 16.8. The van der Waals surface area contributed by atoms with Crippen molar-refractivity contribution in [3.05, 3.63) is 64.5 Å². The Morgan fingerprint density at radius 2 is 1.75 bits per heavy atom. The molecule has 254 valence electrons. The average Bonchev–Trinajstić information content (AvgIpc) is 3.76. The molecule has 1 saturated heterocycles. The lowest BCUT2D eigenvalue weighted by atomic mass is 9.76. The van der Waals surface area contributed by atoms with E-state index in [1.165, 1.54) is 12.1 Å². The van der Waals surface area contributed by atoms with Crippen molar-refractivity contribution in [2.45, 2.75) is 108 Å². The predicted octanol–water partition coefficient (Wildman–Crippen LogP) is 5.09. The van der Waals surface area contributed by atoms with Crippen LogP contribution < -0.4 is 10.6 Å². The number of fused-ring (bicyclic) bond motifs is 3. The molecule has 2 heterocycles. The highest BCUT2D eigenvalue weighted by atomic mass is 19.1. The number of carbonyl (C=O) groups excluding carboxylic acids is 5. The van der Waals surface area contributed by atoms with Crippen LogP contribution in [0.5, 0.6) is 0 Å². The summed E-state index contributed by atoms with van der Waals surface area (Å²) in [5.41, 5.74) is 0.201. The van der Waals surface area contributed by atoms with E-state index in [-0.39, 0.29) is 30.1 Å². The van der Waals surface area contributed by atoms with Crippen molar-refractivity contribution in [3.63, 3.8) is 0 Å². The highest BCUT2D eigenvalue weighted by Gasteiger charge is 2.59. The fraction of sp³-hybridized carbons (Fsp3) is 0.528. The first-order chi connectivity index (χ1) is 22.8. The molecular weight excluding hydrogens is 619 g/mol. The lowest BCUT2D eigenvalue weighted by Crippen LogP contribution is -2.61. The monoisotopic (exact) mass is 660 g/mol. The van der Waals surface area contributed by atoms with Crippen molar-refractivity contribution in [1.82, 2.24) is 15.1 Å². The van der Waals surface area contributed by atoms with Gasteiger partial charge in [-0.25, -0.2) is 18.9 Å². The van der Waals surface area contributed by atoms with Crippen LogP contribution in [0.1, 0.15) is 88.0 Å². The average molecular weight is 661 g/mol. The fourth-order valence-corrected chi connectivity index (χ4v) is 7.63. The minimum Gasteiger partial charge on any atom is -0.444 e. The van der Waals surface area contributed by atoms with Crippen molar-refractivity contribution in [2.75, 3.05) is 11.9 Å². The third kappa shape index (κ3) is 5.79. The number of ether oxygens (including phenoxy) is 2. The standard InChI is InChI=1S/C36H41FN4O7/c1-34(2,3)47-32(45)39-35(14-4-15-35)30(43)38-26-10-11-27-23(18-26)13-16-36(27)31(44)41(33(46)48-36)20-29(42)40-19-24-7-9-25(37)17-22(24)8-12-28(40)21-5-6-21/h7,9-11,17-18,21,28H,4-6,8,12-16,19-20H2,1-3H3,(H,38,43)(H,39,45)/t28-,36+/m1/s1. The second-order valence-electron chi connectivity index (χ2n) is 14.9. The zero-order chi connectivity index (χ0) is 34.0. The molecule has 2 N–H and O–H groups in total. The van der Waals surface area contributed by atoms with Crippen LogP contribution in [-0.4, -0.2) is 63.4 Å². The largest absolute Gasteiger partial charge is 0.444 e. The third-order valence-electron chi connectivity index (χ3n) is 10.4. The SMILES string of the molecule is CC(C)(C)OC(=O)NC1(C(=O)Nc2ccc3c(c2)CC[C@]32OC(=O)N(CC(=O)N3Cc4ccc(F)cc4CC[C@@H]3C3CC3)C2=O)CCC1. The maximum absolute atomic E-state index is 14.0. The molecule has 12 heteroatoms. The summed E-state index contributed by atoms with van der Waals surface area (Å²) in [6, 6.07) is 9.67. The van der Waals surface area contributed by atoms with Gasteiger partial charge in [0.15, 0.2) is 0 Å². The molecule has 2 aromatic rings. The van der Waals surface area contributed by atoms with E-state index >= 15 is 0 Å². The van der Waals surface area contributed by atoms with E-state index in [0.29, 0.717) is 55.8 Å². The lowest BCUT2D eigenvalue weighted by Gasteiger charge is -2.40. The van der Waals surface area contributed by atoms with Gasteiger partial charge in [-0.3, -0.25) is 14.4 Å². The molecule has 5 amide bonds. The quantitative estimate of drug-likeness (QED) is 0.441. The smallest absolute Gasteiger partial charge is 0.418 e. The maximum atomic E-state index is 14.0. The fourth-order valence-electron chi connectivity index (χ4n) is 7.63. The number of amides is 5. The number of imide groups is 1. The number of rotatable bonds is 6. The highest BCUT2D eigenvalue weighted by molar-refractivity contribution is 6.06. The van der Waals surface area contributed by atoms with Crippen LogP contribution in [0.4, 0.5) is 19.7 Å². The number of carbonyl (C=O) groups is 5. The summed E-state index contributed by atoms with van der Waals surface area (Å²) in [5, 5.41) is 5.65. The minimum absolute atomic E-state index is 0.0464. The Hall–Kier alpha value is -4.48. The molecule has 5 aliphatic rings. The summed E-state index contributed by atoms with van der Waals surface area (Å²) in [6.45, 7) is 5.12. The number of aryl methyl sites for hydroxylation is 2. The molecule has 3 aliphatic carbocycles. The molecule has 7 rings (SSSR count). The normalized spacial score (nSPS) is 24.3. The molecule has 0 unspecified atom stereocenters. The van der Waals surface area contributed by atoms with Crippen LogP contribution in [0.25, 0.3) is 0 Å². The third-order valence-corrected chi connectivity index (χ3v) is 10.4. The summed E-state index contributed by atoms with van der Waals surface area (Å²) in [5.74, 6) is -1.23. The molecule has 1 spiro atoms. The Morgan fingerprint density at radius 1 is 0.979 bits per heavy atom. The van der Waals surface area contributed by atoms with Gasteiger partial charge in [-0.1, -0.05) is 12.1 Å². The Balaban J connectivity index is 1.05. The number of alkyl carbamates (subject to hydrolysis) is 1. The Kier molecular flexibility index (Phi) is 7.75. The van der Waals surface area contributed by atoms with Crippen LogP contribution >= 0.6 is 0 Å². The van der Waals surface area contributed by atoms with E-state index in [4.69, 9.17) is 9.47 Å². The number of nitrogens with zero attached hydrogens (tertiary/aromatic N) is 2. The number of nitrogens with one attached hydrogen (secondary N) is 2. The second-order valence-corrected chi connectivity index (χ2v) is 14.9. The van der Waals surface area contributed by atoms with E-state index < -0.39 is 41.4 Å². The van der Waals surface area contributed by atoms with Gasteiger partial charge in [0.25, 0.3) is 5.91 Å². The zero-order valence-corrected chi connectivity index (χ0v) is 27.5. The van der Waals surface area contributed by atoms with Crippen LogP contribution in [0.3, 0.4) is 0 Å². The molecule has 2 aliphatic heterocycles. The van der Waals surface area contributed by atoms with Gasteiger partial charge >= 0.3 is 12.2 Å². The van der Waals surface area contributed by atoms with Gasteiger partial charge in [-0.05, 0) is 119 Å².